The van der Waals surface area contributed by atoms with Crippen LogP contribution in [0.3, 0.4) is 0 Å². The normalized spacial score (nSPS) is 11.6. The van der Waals surface area contributed by atoms with Gasteiger partial charge in [-0.25, -0.2) is 9.97 Å². The lowest BCUT2D eigenvalue weighted by Gasteiger charge is -2.35. The van der Waals surface area contributed by atoms with Gasteiger partial charge in [-0.2, -0.15) is 0 Å². The molecule has 0 amide bonds. The van der Waals surface area contributed by atoms with Crippen LogP contribution in [-0.2, 0) is 0 Å². The lowest BCUT2D eigenvalue weighted by atomic mass is 10.1. The summed E-state index contributed by atoms with van der Waals surface area (Å²) in [5, 5.41) is 3.33. The summed E-state index contributed by atoms with van der Waals surface area (Å²) in [4.78, 5) is 11.3. The Hall–Kier alpha value is -2.62. The Bertz CT molecular complexity index is 709. The summed E-state index contributed by atoms with van der Waals surface area (Å²) in [5.41, 5.74) is 1.98. The Morgan fingerprint density at radius 1 is 1.28 bits per heavy atom. The first kappa shape index (κ1) is 18.7. The van der Waals surface area contributed by atoms with Gasteiger partial charge in [0.15, 0.2) is 0 Å². The van der Waals surface area contributed by atoms with Crippen molar-refractivity contribution in [3.8, 4) is 0 Å². The molecule has 4 nitrogen and oxygen atoms in total. The molecule has 1 N–H and O–H groups in total. The van der Waals surface area contributed by atoms with E-state index in [-0.39, 0.29) is 0 Å². The quantitative estimate of drug-likeness (QED) is 0.666. The van der Waals surface area contributed by atoms with Crippen LogP contribution in [0.2, 0.25) is 0 Å². The summed E-state index contributed by atoms with van der Waals surface area (Å²) in [5.74, 6) is 2.49. The number of anilines is 2. The van der Waals surface area contributed by atoms with E-state index in [9.17, 15) is 0 Å². The van der Waals surface area contributed by atoms with Crippen LogP contribution in [0.15, 0.2) is 55.5 Å². The molecular formula is C21H28N4. The highest BCUT2D eigenvalue weighted by Crippen LogP contribution is 2.28. The van der Waals surface area contributed by atoms with Crippen molar-refractivity contribution >= 4 is 17.7 Å². The Morgan fingerprint density at radius 2 is 2.08 bits per heavy atom. The molecule has 0 saturated heterocycles. The molecule has 0 fully saturated rings. The second-order valence-corrected chi connectivity index (χ2v) is 6.09. The van der Waals surface area contributed by atoms with Gasteiger partial charge in [0.25, 0.3) is 0 Å². The molecule has 0 spiro atoms. The average Bonchev–Trinajstić information content (AvgIpc) is 2.63. The third-order valence-corrected chi connectivity index (χ3v) is 4.22. The zero-order valence-electron chi connectivity index (χ0n) is 15.5. The van der Waals surface area contributed by atoms with E-state index in [1.165, 1.54) is 0 Å². The van der Waals surface area contributed by atoms with Gasteiger partial charge < -0.3 is 10.2 Å². The van der Waals surface area contributed by atoms with Gasteiger partial charge in [-0.15, -0.1) is 0 Å². The summed E-state index contributed by atoms with van der Waals surface area (Å²) >= 11 is 0. The van der Waals surface area contributed by atoms with Crippen molar-refractivity contribution in [3.63, 3.8) is 0 Å². The van der Waals surface area contributed by atoms with Crippen molar-refractivity contribution in [2.24, 2.45) is 0 Å². The van der Waals surface area contributed by atoms with Crippen LogP contribution in [0, 0.1) is 6.92 Å². The summed E-state index contributed by atoms with van der Waals surface area (Å²) in [7, 11) is 0. The van der Waals surface area contributed by atoms with Gasteiger partial charge in [0.2, 0.25) is 0 Å². The molecule has 0 radical (unpaired) electrons. The predicted octanol–water partition coefficient (Wildman–Crippen LogP) is 5.40. The highest BCUT2D eigenvalue weighted by Gasteiger charge is 2.23. The third-order valence-electron chi connectivity index (χ3n) is 4.22. The smallest absolute Gasteiger partial charge is 0.137 e. The maximum atomic E-state index is 4.79. The standard InChI is InChI=1S/C21H28N4/c1-6-11-19(8-3)25(17(5)23-20-12-9-10-15-22-20)21-16(4)13-14-18(7-2)24-21/h7,9-10,12-15,19H,2,5-6,8,11H2,1,3-4H3,(H,22,23). The zero-order valence-corrected chi connectivity index (χ0v) is 15.5. The molecule has 0 aliphatic heterocycles. The summed E-state index contributed by atoms with van der Waals surface area (Å²) in [6.45, 7) is 14.6. The van der Waals surface area contributed by atoms with E-state index in [1.54, 1.807) is 12.3 Å². The highest BCUT2D eigenvalue weighted by atomic mass is 15.3. The number of nitrogens with one attached hydrogen (secondary N) is 1. The predicted molar refractivity (Wildman–Crippen MR) is 108 cm³/mol. The molecule has 2 aromatic rings. The van der Waals surface area contributed by atoms with Crippen LogP contribution in [0.25, 0.3) is 6.08 Å². The molecule has 1 atom stereocenters. The molecule has 0 aromatic carbocycles. The molecular weight excluding hydrogens is 308 g/mol. The van der Waals surface area contributed by atoms with Crippen LogP contribution in [0.5, 0.6) is 0 Å². The number of hydrogen-bond donors (Lipinski definition) is 1. The van der Waals surface area contributed by atoms with Crippen molar-refractivity contribution in [1.82, 2.24) is 9.97 Å². The second kappa shape index (κ2) is 9.02. The molecule has 0 aliphatic rings. The summed E-state index contributed by atoms with van der Waals surface area (Å²) < 4.78 is 0. The Balaban J connectivity index is 2.42. The number of aryl methyl sites for hydroxylation is 1. The molecule has 4 heteroatoms. The molecule has 1 unspecified atom stereocenters. The van der Waals surface area contributed by atoms with Gasteiger partial charge in [-0.3, -0.25) is 0 Å². The fourth-order valence-electron chi connectivity index (χ4n) is 2.91. The van der Waals surface area contributed by atoms with Gasteiger partial charge in [-0.05, 0) is 49.6 Å². The first-order chi connectivity index (χ1) is 12.1. The van der Waals surface area contributed by atoms with Gasteiger partial charge in [0, 0.05) is 12.2 Å². The Morgan fingerprint density at radius 3 is 2.68 bits per heavy atom. The van der Waals surface area contributed by atoms with E-state index >= 15 is 0 Å². The van der Waals surface area contributed by atoms with Crippen LogP contribution in [-0.4, -0.2) is 16.0 Å². The lowest BCUT2D eigenvalue weighted by Crippen LogP contribution is -2.37. The van der Waals surface area contributed by atoms with Crippen LogP contribution >= 0.6 is 0 Å². The molecule has 0 saturated carbocycles. The maximum absolute atomic E-state index is 4.79. The molecule has 25 heavy (non-hydrogen) atoms. The maximum Gasteiger partial charge on any atom is 0.137 e. The Labute approximate surface area is 151 Å². The van der Waals surface area contributed by atoms with Gasteiger partial charge in [-0.1, -0.05) is 45.6 Å². The fourth-order valence-corrected chi connectivity index (χ4v) is 2.91. The van der Waals surface area contributed by atoms with Gasteiger partial charge in [0.05, 0.1) is 5.69 Å². The average molecular weight is 336 g/mol. The minimum absolute atomic E-state index is 0.319. The van der Waals surface area contributed by atoms with E-state index < -0.39 is 0 Å². The highest BCUT2D eigenvalue weighted by molar-refractivity contribution is 5.59. The van der Waals surface area contributed by atoms with Gasteiger partial charge in [0.1, 0.15) is 17.5 Å². The zero-order chi connectivity index (χ0) is 18.2. The molecule has 2 aromatic heterocycles. The Kier molecular flexibility index (Phi) is 6.75. The SMILES string of the molecule is C=Cc1ccc(C)c(N(C(=C)Nc2ccccn2)C(CC)CCC)n1. The minimum Gasteiger partial charge on any atom is -0.327 e. The van der Waals surface area contributed by atoms with Crippen molar-refractivity contribution in [3.05, 3.63) is 66.8 Å². The minimum atomic E-state index is 0.319. The van der Waals surface area contributed by atoms with Crippen molar-refractivity contribution < 1.29 is 0 Å². The lowest BCUT2D eigenvalue weighted by molar-refractivity contribution is 0.555. The number of rotatable bonds is 9. The van der Waals surface area contributed by atoms with E-state index in [2.05, 4.69) is 55.2 Å². The van der Waals surface area contributed by atoms with Crippen LogP contribution in [0.4, 0.5) is 11.6 Å². The fraction of sp³-hybridized carbons (Fsp3) is 0.333. The van der Waals surface area contributed by atoms with E-state index in [0.717, 1.165) is 48.0 Å². The monoisotopic (exact) mass is 336 g/mol. The number of aromatic nitrogens is 2. The summed E-state index contributed by atoms with van der Waals surface area (Å²) in [6.07, 6.45) is 6.73. The topological polar surface area (TPSA) is 41.0 Å². The first-order valence-electron chi connectivity index (χ1n) is 8.86. The summed E-state index contributed by atoms with van der Waals surface area (Å²) in [6, 6.07) is 10.2. The number of hydrogen-bond acceptors (Lipinski definition) is 4. The first-order valence-corrected chi connectivity index (χ1v) is 8.86. The molecule has 0 bridgehead atoms. The van der Waals surface area contributed by atoms with Crippen molar-refractivity contribution in [2.75, 3.05) is 10.2 Å². The molecule has 2 rings (SSSR count). The molecule has 2 heterocycles. The van der Waals surface area contributed by atoms with Crippen LogP contribution < -0.4 is 10.2 Å². The molecule has 0 aliphatic carbocycles. The van der Waals surface area contributed by atoms with E-state index in [4.69, 9.17) is 4.98 Å². The second-order valence-electron chi connectivity index (χ2n) is 6.09. The molecule has 132 valence electrons. The third kappa shape index (κ3) is 4.69. The number of pyridine rings is 2. The largest absolute Gasteiger partial charge is 0.327 e. The van der Waals surface area contributed by atoms with Crippen molar-refractivity contribution in [1.29, 1.82) is 0 Å². The van der Waals surface area contributed by atoms with Crippen molar-refractivity contribution in [2.45, 2.75) is 46.1 Å². The van der Waals surface area contributed by atoms with E-state index in [0.29, 0.717) is 6.04 Å². The number of nitrogens with zero attached hydrogens (tertiary/aromatic N) is 3. The van der Waals surface area contributed by atoms with Gasteiger partial charge >= 0.3 is 0 Å². The van der Waals surface area contributed by atoms with E-state index in [1.807, 2.05) is 24.3 Å². The van der Waals surface area contributed by atoms with Crippen LogP contribution in [0.1, 0.15) is 44.4 Å².